The van der Waals surface area contributed by atoms with Crippen LogP contribution in [-0.4, -0.2) is 41.6 Å². The van der Waals surface area contributed by atoms with Crippen molar-refractivity contribution in [2.24, 2.45) is 5.14 Å². The largest absolute Gasteiger partial charge is 0.478 e. The van der Waals surface area contributed by atoms with Gasteiger partial charge in [0.25, 0.3) is 0 Å². The predicted molar refractivity (Wildman–Crippen MR) is 199 cm³/mol. The SMILES string of the molecule is CC(C)c1ccc(C(=O)O)cc1.CC(C)c1ccc(Cl)c(C(=O)O)c1.CC(C)c1ccc(S(N)(=O)=O)cc1.CC(C)c1cccc(C(=O)O)c1. The fourth-order valence-electron chi connectivity index (χ4n) is 4.15. The van der Waals surface area contributed by atoms with Crippen molar-refractivity contribution in [2.75, 3.05) is 0 Å². The molecule has 0 bridgehead atoms. The minimum Gasteiger partial charge on any atom is -0.478 e. The van der Waals surface area contributed by atoms with Crippen LogP contribution in [0.15, 0.2) is 95.9 Å². The average molecular weight is 726 g/mol. The molecule has 4 aromatic rings. The Morgan fingerprint density at radius 1 is 0.540 bits per heavy atom. The fourth-order valence-corrected chi connectivity index (χ4v) is 4.86. The number of carbonyl (C=O) groups is 3. The lowest BCUT2D eigenvalue weighted by atomic mass is 10.0. The summed E-state index contributed by atoms with van der Waals surface area (Å²) >= 11 is 5.72. The van der Waals surface area contributed by atoms with E-state index in [4.69, 9.17) is 32.1 Å². The maximum atomic E-state index is 10.9. The first-order valence-corrected chi connectivity index (χ1v) is 17.9. The molecule has 0 atom stereocenters. The Hall–Kier alpha value is -4.51. The Morgan fingerprint density at radius 2 is 0.940 bits per heavy atom. The second-order valence-corrected chi connectivity index (χ2v) is 14.6. The summed E-state index contributed by atoms with van der Waals surface area (Å²) in [6.07, 6.45) is 0. The van der Waals surface area contributed by atoms with Crippen LogP contribution in [0.3, 0.4) is 0 Å². The molecule has 0 spiro atoms. The van der Waals surface area contributed by atoms with E-state index in [0.717, 1.165) is 16.7 Å². The molecule has 0 radical (unpaired) electrons. The maximum Gasteiger partial charge on any atom is 0.337 e. The van der Waals surface area contributed by atoms with Crippen molar-refractivity contribution >= 4 is 39.5 Å². The average Bonchev–Trinajstić information content (AvgIpc) is 3.05. The standard InChI is InChI=1S/C10H11ClO2.2C10H12O2.C9H13NO2S/c1-6(2)7-3-4-9(11)8(5-7)10(12)13;1-7(2)8-3-5-9(6-4-8)10(11)12;1-7(2)8-4-3-5-9(6-8)10(11)12;1-7(2)8-3-5-9(6-4-8)13(10,11)12/h3-6H,1-2H3,(H,12,13);2*3-7H,1-2H3,(H,11,12);3-7H,1-2H3,(H2,10,11,12). The van der Waals surface area contributed by atoms with Crippen LogP contribution in [0.1, 0.15) is 132 Å². The zero-order valence-corrected chi connectivity index (χ0v) is 31.3. The summed E-state index contributed by atoms with van der Waals surface area (Å²) in [6.45, 7) is 16.4. The van der Waals surface area contributed by atoms with Gasteiger partial charge in [0.15, 0.2) is 0 Å². The van der Waals surface area contributed by atoms with Crippen molar-refractivity contribution in [1.82, 2.24) is 0 Å². The highest BCUT2D eigenvalue weighted by Crippen LogP contribution is 2.22. The van der Waals surface area contributed by atoms with E-state index >= 15 is 0 Å². The maximum absolute atomic E-state index is 10.9. The predicted octanol–water partition coefficient (Wildman–Crippen LogP) is 9.64. The first-order valence-electron chi connectivity index (χ1n) is 16.0. The van der Waals surface area contributed by atoms with Crippen molar-refractivity contribution in [3.8, 4) is 0 Å². The van der Waals surface area contributed by atoms with Gasteiger partial charge < -0.3 is 15.3 Å². The smallest absolute Gasteiger partial charge is 0.337 e. The molecule has 270 valence electrons. The molecule has 0 aliphatic carbocycles. The molecule has 0 saturated heterocycles. The van der Waals surface area contributed by atoms with Crippen molar-refractivity contribution < 1.29 is 38.1 Å². The third-order valence-corrected chi connectivity index (χ3v) is 8.65. The Kier molecular flexibility index (Phi) is 17.6. The van der Waals surface area contributed by atoms with Gasteiger partial charge in [-0.05, 0) is 94.5 Å². The normalized spacial score (nSPS) is 10.8. The number of aromatic carboxylic acids is 3. The van der Waals surface area contributed by atoms with Gasteiger partial charge in [-0.1, -0.05) is 109 Å². The molecule has 0 aliphatic rings. The molecule has 0 amide bonds. The lowest BCUT2D eigenvalue weighted by molar-refractivity contribution is 0.0686. The lowest BCUT2D eigenvalue weighted by Gasteiger charge is -2.06. The third-order valence-electron chi connectivity index (χ3n) is 7.39. The number of benzene rings is 4. The summed E-state index contributed by atoms with van der Waals surface area (Å²) in [5, 5.41) is 31.3. The summed E-state index contributed by atoms with van der Waals surface area (Å²) in [7, 11) is -3.55. The van der Waals surface area contributed by atoms with Crippen LogP contribution in [0.25, 0.3) is 0 Å². The highest BCUT2D eigenvalue weighted by atomic mass is 35.5. The zero-order valence-electron chi connectivity index (χ0n) is 29.7. The van der Waals surface area contributed by atoms with Crippen molar-refractivity contribution in [1.29, 1.82) is 0 Å². The Balaban J connectivity index is 0.000000334. The number of rotatable bonds is 8. The molecular formula is C39H48ClNO8S. The number of carboxylic acids is 3. The quantitative estimate of drug-likeness (QED) is 0.139. The van der Waals surface area contributed by atoms with Gasteiger partial charge in [-0.25, -0.2) is 27.9 Å². The first-order chi connectivity index (χ1) is 23.1. The molecule has 0 unspecified atom stereocenters. The second-order valence-electron chi connectivity index (χ2n) is 12.6. The number of primary sulfonamides is 1. The molecule has 0 fully saturated rings. The van der Waals surface area contributed by atoms with Crippen LogP contribution in [0.5, 0.6) is 0 Å². The van der Waals surface area contributed by atoms with Crippen LogP contribution in [0, 0.1) is 0 Å². The number of hydrogen-bond donors (Lipinski definition) is 4. The molecule has 11 heteroatoms. The van der Waals surface area contributed by atoms with Gasteiger partial charge in [0, 0.05) is 0 Å². The number of nitrogens with two attached hydrogens (primary N) is 1. The molecule has 9 nitrogen and oxygen atoms in total. The molecule has 5 N–H and O–H groups in total. The lowest BCUT2D eigenvalue weighted by Crippen LogP contribution is -2.11. The second kappa shape index (κ2) is 20.2. The molecule has 0 saturated carbocycles. The van der Waals surface area contributed by atoms with E-state index in [9.17, 15) is 22.8 Å². The van der Waals surface area contributed by atoms with Crippen LogP contribution in [0.2, 0.25) is 5.02 Å². The topological polar surface area (TPSA) is 172 Å². The van der Waals surface area contributed by atoms with Gasteiger partial charge in [0.2, 0.25) is 10.0 Å². The van der Waals surface area contributed by atoms with Gasteiger partial charge >= 0.3 is 17.9 Å². The van der Waals surface area contributed by atoms with Crippen LogP contribution >= 0.6 is 11.6 Å². The monoisotopic (exact) mass is 725 g/mol. The van der Waals surface area contributed by atoms with E-state index in [1.54, 1.807) is 54.6 Å². The van der Waals surface area contributed by atoms with Gasteiger partial charge in [-0.15, -0.1) is 0 Å². The van der Waals surface area contributed by atoms with Gasteiger partial charge in [-0.2, -0.15) is 0 Å². The highest BCUT2D eigenvalue weighted by molar-refractivity contribution is 7.89. The Bertz CT molecular complexity index is 1820. The van der Waals surface area contributed by atoms with Gasteiger partial charge in [0.1, 0.15) is 0 Å². The summed E-state index contributed by atoms with van der Waals surface area (Å²) in [4.78, 5) is 31.9. The molecular weight excluding hydrogens is 678 g/mol. The number of sulfonamides is 1. The van der Waals surface area contributed by atoms with E-state index in [1.807, 2.05) is 65.8 Å². The zero-order chi connectivity index (χ0) is 38.3. The van der Waals surface area contributed by atoms with E-state index in [0.29, 0.717) is 34.8 Å². The summed E-state index contributed by atoms with van der Waals surface area (Å²) in [6, 6.07) is 25.7. The number of carboxylic acid groups (broad SMARTS) is 3. The summed E-state index contributed by atoms with van der Waals surface area (Å²) in [5.41, 5.74) is 5.21. The number of hydrogen-bond acceptors (Lipinski definition) is 5. The minimum absolute atomic E-state index is 0.164. The Morgan fingerprint density at radius 3 is 1.32 bits per heavy atom. The van der Waals surface area contributed by atoms with Gasteiger partial charge in [0.05, 0.1) is 26.6 Å². The third kappa shape index (κ3) is 14.9. The first kappa shape index (κ1) is 43.5. The van der Waals surface area contributed by atoms with Crippen LogP contribution in [0.4, 0.5) is 0 Å². The van der Waals surface area contributed by atoms with Gasteiger partial charge in [-0.3, -0.25) is 0 Å². The number of halogens is 1. The highest BCUT2D eigenvalue weighted by Gasteiger charge is 2.11. The molecule has 4 aromatic carbocycles. The van der Waals surface area contributed by atoms with Crippen LogP contribution < -0.4 is 5.14 Å². The summed E-state index contributed by atoms with van der Waals surface area (Å²) < 4.78 is 21.8. The van der Waals surface area contributed by atoms with E-state index in [-0.39, 0.29) is 15.5 Å². The van der Waals surface area contributed by atoms with Crippen LogP contribution in [-0.2, 0) is 10.0 Å². The Labute approximate surface area is 300 Å². The molecule has 4 rings (SSSR count). The van der Waals surface area contributed by atoms with Crippen molar-refractivity contribution in [2.45, 2.75) is 84.0 Å². The van der Waals surface area contributed by atoms with E-state index in [2.05, 4.69) is 13.8 Å². The molecule has 50 heavy (non-hydrogen) atoms. The molecule has 0 aromatic heterocycles. The van der Waals surface area contributed by atoms with E-state index in [1.165, 1.54) is 17.7 Å². The molecule has 0 heterocycles. The molecule has 0 aliphatic heterocycles. The minimum atomic E-state index is -3.55. The van der Waals surface area contributed by atoms with E-state index < -0.39 is 27.9 Å². The van der Waals surface area contributed by atoms with Crippen molar-refractivity contribution in [3.63, 3.8) is 0 Å². The fraction of sp³-hybridized carbons (Fsp3) is 0.308. The summed E-state index contributed by atoms with van der Waals surface area (Å²) in [5.74, 6) is -1.17. The van der Waals surface area contributed by atoms with Crippen molar-refractivity contribution in [3.05, 3.63) is 135 Å².